The molecule has 1 spiro atoms. The van der Waals surface area contributed by atoms with Gasteiger partial charge in [0.2, 0.25) is 0 Å². The minimum absolute atomic E-state index is 0.276. The first-order valence-electron chi connectivity index (χ1n) is 9.23. The van der Waals surface area contributed by atoms with Crippen molar-refractivity contribution in [3.8, 4) is 0 Å². The van der Waals surface area contributed by atoms with E-state index in [1.54, 1.807) is 11.3 Å². The molecule has 2 aromatic heterocycles. The number of hydrogen-bond acceptors (Lipinski definition) is 7. The van der Waals surface area contributed by atoms with Gasteiger partial charge >= 0.3 is 0 Å². The summed E-state index contributed by atoms with van der Waals surface area (Å²) in [6.07, 6.45) is 0. The molecule has 4 heterocycles. The van der Waals surface area contributed by atoms with Gasteiger partial charge in [0.25, 0.3) is 0 Å². The van der Waals surface area contributed by atoms with Crippen molar-refractivity contribution in [1.29, 1.82) is 0 Å². The van der Waals surface area contributed by atoms with Crippen LogP contribution in [0.4, 0.5) is 0 Å². The molecule has 0 amide bonds. The fourth-order valence-corrected chi connectivity index (χ4v) is 4.46. The number of ether oxygens (including phenoxy) is 2. The van der Waals surface area contributed by atoms with Crippen LogP contribution in [0.25, 0.3) is 0 Å². The van der Waals surface area contributed by atoms with E-state index in [1.165, 1.54) is 0 Å². The SMILES string of the molecule is Cc1ccc(CN2CCOC3(COCCN(Cc4csc(C)n4)C3)C2)o1. The maximum absolute atomic E-state index is 6.28. The summed E-state index contributed by atoms with van der Waals surface area (Å²) in [6.45, 7) is 11.4. The summed E-state index contributed by atoms with van der Waals surface area (Å²) >= 11 is 1.71. The monoisotopic (exact) mass is 377 g/mol. The number of hydrogen-bond donors (Lipinski definition) is 0. The summed E-state index contributed by atoms with van der Waals surface area (Å²) in [4.78, 5) is 9.45. The maximum atomic E-state index is 6.28. The summed E-state index contributed by atoms with van der Waals surface area (Å²) in [5, 5.41) is 3.27. The summed E-state index contributed by atoms with van der Waals surface area (Å²) in [6, 6.07) is 4.09. The molecule has 26 heavy (non-hydrogen) atoms. The number of furan rings is 1. The fraction of sp³-hybridized carbons (Fsp3) is 0.632. The first kappa shape index (κ1) is 18.1. The normalized spacial score (nSPS) is 25.6. The molecule has 4 rings (SSSR count). The van der Waals surface area contributed by atoms with Gasteiger partial charge in [-0.2, -0.15) is 0 Å². The van der Waals surface area contributed by atoms with Crippen molar-refractivity contribution in [3.63, 3.8) is 0 Å². The van der Waals surface area contributed by atoms with Crippen LogP contribution in [0.5, 0.6) is 0 Å². The first-order chi connectivity index (χ1) is 12.6. The second kappa shape index (κ2) is 7.78. The topological polar surface area (TPSA) is 51.0 Å². The average Bonchev–Trinajstić information content (AvgIpc) is 3.14. The van der Waals surface area contributed by atoms with Crippen LogP contribution in [-0.2, 0) is 22.6 Å². The van der Waals surface area contributed by atoms with Crippen molar-refractivity contribution in [2.45, 2.75) is 32.5 Å². The van der Waals surface area contributed by atoms with Gasteiger partial charge in [-0.1, -0.05) is 0 Å². The molecule has 0 aromatic carbocycles. The van der Waals surface area contributed by atoms with Gasteiger partial charge in [0.05, 0.1) is 37.1 Å². The van der Waals surface area contributed by atoms with E-state index in [1.807, 2.05) is 13.0 Å². The average molecular weight is 378 g/mol. The van der Waals surface area contributed by atoms with Crippen molar-refractivity contribution < 1.29 is 13.9 Å². The third kappa shape index (κ3) is 4.35. The zero-order chi connectivity index (χ0) is 18.0. The zero-order valence-electron chi connectivity index (χ0n) is 15.6. The first-order valence-corrected chi connectivity index (χ1v) is 10.1. The third-order valence-corrected chi connectivity index (χ3v) is 5.81. The molecule has 2 aliphatic heterocycles. The van der Waals surface area contributed by atoms with Crippen molar-refractivity contribution in [2.24, 2.45) is 0 Å². The number of morpholine rings is 1. The van der Waals surface area contributed by atoms with Gasteiger partial charge in [0.15, 0.2) is 0 Å². The van der Waals surface area contributed by atoms with Gasteiger partial charge in [-0.05, 0) is 26.0 Å². The minimum atomic E-state index is -0.276. The highest BCUT2D eigenvalue weighted by atomic mass is 32.1. The molecular weight excluding hydrogens is 350 g/mol. The van der Waals surface area contributed by atoms with E-state index < -0.39 is 0 Å². The Bertz CT molecular complexity index is 731. The molecule has 2 aliphatic rings. The van der Waals surface area contributed by atoms with Crippen LogP contribution in [0.3, 0.4) is 0 Å². The molecule has 2 fully saturated rings. The summed E-state index contributed by atoms with van der Waals surface area (Å²) < 4.78 is 18.0. The van der Waals surface area contributed by atoms with Gasteiger partial charge in [-0.15, -0.1) is 11.3 Å². The van der Waals surface area contributed by atoms with Crippen LogP contribution >= 0.6 is 11.3 Å². The van der Waals surface area contributed by atoms with E-state index >= 15 is 0 Å². The molecule has 1 unspecified atom stereocenters. The van der Waals surface area contributed by atoms with Crippen LogP contribution in [0.1, 0.15) is 22.2 Å². The van der Waals surface area contributed by atoms with Crippen molar-refractivity contribution in [3.05, 3.63) is 39.7 Å². The molecule has 1 atom stereocenters. The van der Waals surface area contributed by atoms with Gasteiger partial charge in [0, 0.05) is 38.1 Å². The Morgan fingerprint density at radius 1 is 1.12 bits per heavy atom. The number of aryl methyl sites for hydroxylation is 2. The lowest BCUT2D eigenvalue weighted by molar-refractivity contribution is -0.144. The Kier molecular flexibility index (Phi) is 5.42. The molecule has 142 valence electrons. The van der Waals surface area contributed by atoms with Gasteiger partial charge in [-0.3, -0.25) is 9.80 Å². The van der Waals surface area contributed by atoms with Crippen LogP contribution in [0.15, 0.2) is 21.9 Å². The van der Waals surface area contributed by atoms with E-state index in [9.17, 15) is 0 Å². The van der Waals surface area contributed by atoms with Crippen LogP contribution in [0, 0.1) is 13.8 Å². The fourth-order valence-electron chi connectivity index (χ4n) is 3.86. The predicted molar refractivity (Wildman–Crippen MR) is 100 cm³/mol. The molecule has 2 aromatic rings. The summed E-state index contributed by atoms with van der Waals surface area (Å²) in [5.41, 5.74) is 0.866. The lowest BCUT2D eigenvalue weighted by atomic mass is 10.0. The third-order valence-electron chi connectivity index (χ3n) is 4.98. The van der Waals surface area contributed by atoms with Gasteiger partial charge in [0.1, 0.15) is 17.1 Å². The lowest BCUT2D eigenvalue weighted by Crippen LogP contribution is -2.58. The molecular formula is C19H27N3O3S. The zero-order valence-corrected chi connectivity index (χ0v) is 16.4. The Morgan fingerprint density at radius 3 is 2.65 bits per heavy atom. The predicted octanol–water partition coefficient (Wildman–Crippen LogP) is 2.46. The van der Waals surface area contributed by atoms with E-state index in [0.717, 1.165) is 74.7 Å². The standard InChI is InChI=1S/C19H27N3O3S/c1-15-3-4-18(25-15)10-22-6-8-24-19(13-22)12-21(5-7-23-14-19)9-17-11-26-16(2)20-17/h3-4,11H,5-10,12-14H2,1-2H3. The molecule has 2 saturated heterocycles. The Labute approximate surface area is 158 Å². The minimum Gasteiger partial charge on any atom is -0.465 e. The second-order valence-electron chi connectivity index (χ2n) is 7.38. The number of nitrogens with zero attached hydrogens (tertiary/aromatic N) is 3. The highest BCUT2D eigenvalue weighted by molar-refractivity contribution is 7.09. The summed E-state index contributed by atoms with van der Waals surface area (Å²) in [7, 11) is 0. The van der Waals surface area contributed by atoms with Gasteiger partial charge < -0.3 is 13.9 Å². The second-order valence-corrected chi connectivity index (χ2v) is 8.44. The van der Waals surface area contributed by atoms with E-state index in [4.69, 9.17) is 13.9 Å². The smallest absolute Gasteiger partial charge is 0.118 e. The molecule has 7 heteroatoms. The largest absolute Gasteiger partial charge is 0.465 e. The van der Waals surface area contributed by atoms with Crippen molar-refractivity contribution in [2.75, 3.05) is 46.0 Å². The molecule has 6 nitrogen and oxygen atoms in total. The van der Waals surface area contributed by atoms with E-state index in [2.05, 4.69) is 33.2 Å². The van der Waals surface area contributed by atoms with Crippen molar-refractivity contribution >= 4 is 11.3 Å². The Morgan fingerprint density at radius 2 is 1.92 bits per heavy atom. The van der Waals surface area contributed by atoms with E-state index in [0.29, 0.717) is 6.61 Å². The quantitative estimate of drug-likeness (QED) is 0.816. The van der Waals surface area contributed by atoms with Crippen molar-refractivity contribution in [1.82, 2.24) is 14.8 Å². The molecule has 0 radical (unpaired) electrons. The molecule has 0 bridgehead atoms. The maximum Gasteiger partial charge on any atom is 0.118 e. The van der Waals surface area contributed by atoms with E-state index in [-0.39, 0.29) is 5.60 Å². The molecule has 0 N–H and O–H groups in total. The van der Waals surface area contributed by atoms with Crippen LogP contribution < -0.4 is 0 Å². The Balaban J connectivity index is 1.42. The summed E-state index contributed by atoms with van der Waals surface area (Å²) in [5.74, 6) is 1.98. The molecule has 0 aliphatic carbocycles. The number of rotatable bonds is 4. The van der Waals surface area contributed by atoms with Crippen LogP contribution in [-0.4, -0.2) is 66.4 Å². The lowest BCUT2D eigenvalue weighted by Gasteiger charge is -2.43. The van der Waals surface area contributed by atoms with Gasteiger partial charge in [-0.25, -0.2) is 4.98 Å². The highest BCUT2D eigenvalue weighted by Crippen LogP contribution is 2.25. The number of aromatic nitrogens is 1. The number of thiazole rings is 1. The van der Waals surface area contributed by atoms with Crippen LogP contribution in [0.2, 0.25) is 0 Å². The molecule has 0 saturated carbocycles. The highest BCUT2D eigenvalue weighted by Gasteiger charge is 2.40. The Hall–Kier alpha value is -1.25.